The molecule has 0 saturated heterocycles. The SMILES string of the molecule is CCCCCCCCCCCc1nc2ccccc2[n-]1. The molecule has 0 fully saturated rings. The van der Waals surface area contributed by atoms with Crippen LogP contribution in [0.3, 0.4) is 0 Å². The van der Waals surface area contributed by atoms with E-state index in [1.54, 1.807) is 0 Å². The van der Waals surface area contributed by atoms with Gasteiger partial charge in [-0.3, -0.25) is 0 Å². The van der Waals surface area contributed by atoms with E-state index in [2.05, 4.69) is 16.9 Å². The van der Waals surface area contributed by atoms with Gasteiger partial charge in [0.25, 0.3) is 0 Å². The molecule has 0 saturated carbocycles. The minimum absolute atomic E-state index is 1.02. The molecule has 0 aliphatic carbocycles. The molecule has 1 aromatic carbocycles. The molecule has 2 rings (SSSR count). The van der Waals surface area contributed by atoms with Crippen LogP contribution in [0, 0.1) is 0 Å². The summed E-state index contributed by atoms with van der Waals surface area (Å²) in [5, 5.41) is 0. The van der Waals surface area contributed by atoms with E-state index >= 15 is 0 Å². The Labute approximate surface area is 123 Å². The standard InChI is InChI=1S/C18H27N2/c1-2-3-4-5-6-7-8-9-10-15-18-19-16-13-11-12-14-17(16)20-18/h11-14H,2-10,15H2,1H3/q-1. The third-order valence-electron chi connectivity index (χ3n) is 3.88. The fourth-order valence-corrected chi connectivity index (χ4v) is 2.66. The number of hydrogen-bond acceptors (Lipinski definition) is 1. The predicted molar refractivity (Wildman–Crippen MR) is 86.0 cm³/mol. The molecule has 20 heavy (non-hydrogen) atoms. The van der Waals surface area contributed by atoms with Crippen LogP contribution in [0.15, 0.2) is 24.3 Å². The van der Waals surface area contributed by atoms with Crippen molar-refractivity contribution < 1.29 is 0 Å². The van der Waals surface area contributed by atoms with Crippen molar-refractivity contribution in [3.05, 3.63) is 30.1 Å². The Bertz CT molecular complexity index is 454. The highest BCUT2D eigenvalue weighted by atomic mass is 14.9. The van der Waals surface area contributed by atoms with E-state index in [4.69, 9.17) is 0 Å². The van der Waals surface area contributed by atoms with Crippen molar-refractivity contribution >= 4 is 11.0 Å². The number of imidazole rings is 1. The summed E-state index contributed by atoms with van der Waals surface area (Å²) in [5.74, 6) is 1.02. The van der Waals surface area contributed by atoms with Gasteiger partial charge in [0, 0.05) is 0 Å². The Morgan fingerprint density at radius 1 is 0.850 bits per heavy atom. The van der Waals surface area contributed by atoms with Crippen molar-refractivity contribution in [1.82, 2.24) is 9.97 Å². The normalized spacial score (nSPS) is 11.2. The largest absolute Gasteiger partial charge is 0.440 e. The molecule has 1 aromatic heterocycles. The number of hydrogen-bond donors (Lipinski definition) is 0. The molecule has 0 unspecified atom stereocenters. The van der Waals surface area contributed by atoms with Gasteiger partial charge in [0.15, 0.2) is 0 Å². The van der Waals surface area contributed by atoms with Crippen molar-refractivity contribution in [2.24, 2.45) is 0 Å². The smallest absolute Gasteiger partial charge is 0.0357 e. The Morgan fingerprint density at radius 3 is 2.20 bits per heavy atom. The van der Waals surface area contributed by atoms with E-state index in [0.29, 0.717) is 0 Å². The summed E-state index contributed by atoms with van der Waals surface area (Å²) < 4.78 is 0. The van der Waals surface area contributed by atoms with Crippen LogP contribution in [0.4, 0.5) is 0 Å². The molecule has 0 radical (unpaired) electrons. The molecule has 2 heteroatoms. The summed E-state index contributed by atoms with van der Waals surface area (Å²) in [7, 11) is 0. The second-order valence-electron chi connectivity index (χ2n) is 5.71. The van der Waals surface area contributed by atoms with Crippen LogP contribution in [0.2, 0.25) is 0 Å². The van der Waals surface area contributed by atoms with Crippen LogP contribution in [-0.4, -0.2) is 4.98 Å². The quantitative estimate of drug-likeness (QED) is 0.551. The summed E-state index contributed by atoms with van der Waals surface area (Å²) in [4.78, 5) is 9.14. The van der Waals surface area contributed by atoms with Gasteiger partial charge in [0.05, 0.1) is 0 Å². The zero-order valence-corrected chi connectivity index (χ0v) is 12.8. The third kappa shape index (κ3) is 4.99. The zero-order chi connectivity index (χ0) is 14.0. The first-order chi connectivity index (χ1) is 9.90. The van der Waals surface area contributed by atoms with Crippen molar-refractivity contribution in [2.75, 3.05) is 0 Å². The molecule has 0 spiro atoms. The summed E-state index contributed by atoms with van der Waals surface area (Å²) in [6, 6.07) is 8.14. The van der Waals surface area contributed by atoms with Crippen LogP contribution in [0.5, 0.6) is 0 Å². The highest BCUT2D eigenvalue weighted by molar-refractivity contribution is 5.74. The summed E-state index contributed by atoms with van der Waals surface area (Å²) in [6.45, 7) is 2.27. The highest BCUT2D eigenvalue weighted by Crippen LogP contribution is 2.13. The number of aryl methyl sites for hydroxylation is 1. The fourth-order valence-electron chi connectivity index (χ4n) is 2.66. The number of aromatic nitrogens is 2. The van der Waals surface area contributed by atoms with Gasteiger partial charge < -0.3 is 9.97 Å². The molecular formula is C18H27N2-. The predicted octanol–water partition coefficient (Wildman–Crippen LogP) is 5.27. The summed E-state index contributed by atoms with van der Waals surface area (Å²) >= 11 is 0. The number of benzene rings is 1. The maximum absolute atomic E-state index is 4.57. The van der Waals surface area contributed by atoms with E-state index in [1.807, 2.05) is 24.3 Å². The molecule has 2 aromatic rings. The Balaban J connectivity index is 1.55. The van der Waals surface area contributed by atoms with Crippen molar-refractivity contribution in [3.63, 3.8) is 0 Å². The maximum atomic E-state index is 4.57. The minimum atomic E-state index is 1.02. The number of para-hydroxylation sites is 2. The second kappa shape index (κ2) is 8.78. The molecule has 0 aliphatic heterocycles. The molecule has 0 bridgehead atoms. The lowest BCUT2D eigenvalue weighted by Crippen LogP contribution is -1.90. The van der Waals surface area contributed by atoms with E-state index < -0.39 is 0 Å². The first-order valence-corrected chi connectivity index (χ1v) is 8.28. The molecule has 0 atom stereocenters. The third-order valence-corrected chi connectivity index (χ3v) is 3.88. The van der Waals surface area contributed by atoms with Gasteiger partial charge in [-0.25, -0.2) is 0 Å². The molecule has 1 heterocycles. The fraction of sp³-hybridized carbons (Fsp3) is 0.611. The van der Waals surface area contributed by atoms with Crippen LogP contribution in [0.25, 0.3) is 11.0 Å². The van der Waals surface area contributed by atoms with E-state index in [-0.39, 0.29) is 0 Å². The lowest BCUT2D eigenvalue weighted by molar-refractivity contribution is 0.562. The number of nitrogens with zero attached hydrogens (tertiary/aromatic N) is 2. The van der Waals surface area contributed by atoms with Crippen LogP contribution >= 0.6 is 0 Å². The van der Waals surface area contributed by atoms with Gasteiger partial charge in [-0.15, -0.1) is 0 Å². The number of unbranched alkanes of at least 4 members (excludes halogenated alkanes) is 8. The highest BCUT2D eigenvalue weighted by Gasteiger charge is 1.94. The van der Waals surface area contributed by atoms with Crippen LogP contribution < -0.4 is 4.98 Å². The van der Waals surface area contributed by atoms with Crippen molar-refractivity contribution in [2.45, 2.75) is 71.1 Å². The topological polar surface area (TPSA) is 27.0 Å². The Kier molecular flexibility index (Phi) is 6.62. The second-order valence-corrected chi connectivity index (χ2v) is 5.71. The van der Waals surface area contributed by atoms with Gasteiger partial charge in [0.2, 0.25) is 0 Å². The lowest BCUT2D eigenvalue weighted by atomic mass is 10.1. The van der Waals surface area contributed by atoms with E-state index in [0.717, 1.165) is 23.3 Å². The average molecular weight is 271 g/mol. The molecular weight excluding hydrogens is 244 g/mol. The Morgan fingerprint density at radius 2 is 1.50 bits per heavy atom. The van der Waals surface area contributed by atoms with Gasteiger partial charge in [-0.05, 0) is 23.9 Å². The molecule has 110 valence electrons. The Hall–Kier alpha value is -1.31. The molecule has 0 amide bonds. The average Bonchev–Trinajstić information content (AvgIpc) is 2.88. The van der Waals surface area contributed by atoms with Gasteiger partial charge in [-0.1, -0.05) is 88.4 Å². The van der Waals surface area contributed by atoms with Gasteiger partial charge >= 0.3 is 0 Å². The maximum Gasteiger partial charge on any atom is -0.0357 e. The summed E-state index contributed by atoms with van der Waals surface area (Å²) in [6.07, 6.45) is 13.3. The van der Waals surface area contributed by atoms with Crippen molar-refractivity contribution in [1.29, 1.82) is 0 Å². The van der Waals surface area contributed by atoms with Crippen LogP contribution in [-0.2, 0) is 6.42 Å². The minimum Gasteiger partial charge on any atom is -0.440 e. The molecule has 0 N–H and O–H groups in total. The van der Waals surface area contributed by atoms with Crippen molar-refractivity contribution in [3.8, 4) is 0 Å². The number of fused-ring (bicyclic) bond motifs is 1. The molecule has 2 nitrogen and oxygen atoms in total. The van der Waals surface area contributed by atoms with E-state index in [1.165, 1.54) is 57.8 Å². The number of rotatable bonds is 10. The first-order valence-electron chi connectivity index (χ1n) is 8.28. The summed E-state index contributed by atoms with van der Waals surface area (Å²) in [5.41, 5.74) is 2.08. The van der Waals surface area contributed by atoms with E-state index in [9.17, 15) is 0 Å². The van der Waals surface area contributed by atoms with Crippen LogP contribution in [0.1, 0.15) is 70.5 Å². The van der Waals surface area contributed by atoms with Gasteiger partial charge in [0.1, 0.15) is 0 Å². The first kappa shape index (κ1) is 15.1. The molecule has 0 aliphatic rings. The zero-order valence-electron chi connectivity index (χ0n) is 12.8. The van der Waals surface area contributed by atoms with Gasteiger partial charge in [-0.2, -0.15) is 0 Å². The monoisotopic (exact) mass is 271 g/mol. The lowest BCUT2D eigenvalue weighted by Gasteiger charge is -2.04.